The Hall–Kier alpha value is -1.99. The van der Waals surface area contributed by atoms with E-state index in [-0.39, 0.29) is 11.8 Å². The minimum absolute atomic E-state index is 0.0999. The smallest absolute Gasteiger partial charge is 0.222 e. The third kappa shape index (κ3) is 4.75. The van der Waals surface area contributed by atoms with Crippen molar-refractivity contribution in [1.29, 1.82) is 0 Å². The summed E-state index contributed by atoms with van der Waals surface area (Å²) in [6, 6.07) is 3.71. The van der Waals surface area contributed by atoms with Gasteiger partial charge in [0.1, 0.15) is 19.6 Å². The molecule has 126 valence electrons. The summed E-state index contributed by atoms with van der Waals surface area (Å²) in [5.41, 5.74) is 15.4. The van der Waals surface area contributed by atoms with E-state index in [9.17, 15) is 0 Å². The second-order valence-corrected chi connectivity index (χ2v) is 12.0. The van der Waals surface area contributed by atoms with Crippen molar-refractivity contribution < 1.29 is 9.47 Å². The Morgan fingerprint density at radius 3 is 2.42 bits per heavy atom. The van der Waals surface area contributed by atoms with Crippen molar-refractivity contribution in [1.82, 2.24) is 9.97 Å². The molecule has 2 rings (SSSR count). The van der Waals surface area contributed by atoms with E-state index in [0.29, 0.717) is 11.5 Å². The minimum atomic E-state index is -1.54. The second-order valence-electron chi connectivity index (χ2n) is 6.06. The first-order chi connectivity index (χ1) is 11.2. The molecule has 0 bridgehead atoms. The molecule has 0 saturated carbocycles. The zero-order valence-electron chi connectivity index (χ0n) is 14.0. The number of anilines is 2. The molecule has 6 nitrogen and oxygen atoms in total. The molecule has 0 fully saturated rings. The van der Waals surface area contributed by atoms with Gasteiger partial charge in [-0.15, -0.1) is 5.54 Å². The molecule has 0 unspecified atom stereocenters. The number of nitrogens with two attached hydrogens (primary N) is 2. The summed E-state index contributed by atoms with van der Waals surface area (Å²) < 4.78 is 12.2. The van der Waals surface area contributed by atoms with E-state index in [0.717, 1.165) is 14.9 Å². The lowest BCUT2D eigenvalue weighted by Crippen LogP contribution is -2.16. The molecule has 0 spiro atoms. The fourth-order valence-corrected chi connectivity index (χ4v) is 2.89. The molecule has 0 saturated heterocycles. The molecule has 1 aromatic heterocycles. The average Bonchev–Trinajstić information content (AvgIpc) is 2.48. The molecule has 0 radical (unpaired) electrons. The van der Waals surface area contributed by atoms with Crippen LogP contribution in [0.15, 0.2) is 18.3 Å². The molecule has 4 N–H and O–H groups in total. The van der Waals surface area contributed by atoms with Gasteiger partial charge in [-0.05, 0) is 28.7 Å². The van der Waals surface area contributed by atoms with Crippen molar-refractivity contribution in [3.8, 4) is 28.7 Å². The van der Waals surface area contributed by atoms with Gasteiger partial charge < -0.3 is 20.9 Å². The Labute approximate surface area is 156 Å². The van der Waals surface area contributed by atoms with Crippen LogP contribution in [0.3, 0.4) is 0 Å². The Morgan fingerprint density at radius 1 is 1.12 bits per heavy atom. The lowest BCUT2D eigenvalue weighted by atomic mass is 10.2. The van der Waals surface area contributed by atoms with Gasteiger partial charge in [0.25, 0.3) is 0 Å². The van der Waals surface area contributed by atoms with E-state index in [1.54, 1.807) is 7.11 Å². The lowest BCUT2D eigenvalue weighted by Gasteiger charge is -2.12. The normalized spacial score (nSPS) is 10.7. The van der Waals surface area contributed by atoms with Crippen LogP contribution in [0.25, 0.3) is 0 Å². The average molecular weight is 454 g/mol. The molecule has 0 aliphatic rings. The summed E-state index contributed by atoms with van der Waals surface area (Å²) in [7, 11) is 0.0848. The maximum atomic E-state index is 5.89. The monoisotopic (exact) mass is 454 g/mol. The zero-order chi connectivity index (χ0) is 17.9. The highest BCUT2D eigenvalue weighted by Gasteiger charge is 2.14. The maximum Gasteiger partial charge on any atom is 0.222 e. The van der Waals surface area contributed by atoms with Crippen LogP contribution in [0.5, 0.6) is 17.2 Å². The number of methoxy groups -OCH3 is 1. The van der Waals surface area contributed by atoms with Gasteiger partial charge in [-0.3, -0.25) is 0 Å². The van der Waals surface area contributed by atoms with Crippen LogP contribution in [-0.4, -0.2) is 25.2 Å². The number of benzene rings is 1. The van der Waals surface area contributed by atoms with Crippen molar-refractivity contribution in [2.24, 2.45) is 0 Å². The second kappa shape index (κ2) is 7.27. The van der Waals surface area contributed by atoms with Gasteiger partial charge in [0.2, 0.25) is 5.95 Å². The van der Waals surface area contributed by atoms with Gasteiger partial charge in [-0.25, -0.2) is 4.98 Å². The van der Waals surface area contributed by atoms with Crippen molar-refractivity contribution in [2.75, 3.05) is 18.6 Å². The minimum Gasteiger partial charge on any atom is -0.496 e. The van der Waals surface area contributed by atoms with Gasteiger partial charge in [0, 0.05) is 6.07 Å². The fourth-order valence-electron chi connectivity index (χ4n) is 1.72. The number of hydrogen-bond donors (Lipinski definition) is 2. The van der Waals surface area contributed by atoms with Crippen LogP contribution in [0, 0.1) is 15.0 Å². The Kier molecular flexibility index (Phi) is 5.56. The predicted octanol–water partition coefficient (Wildman–Crippen LogP) is 3.28. The van der Waals surface area contributed by atoms with Crippen LogP contribution >= 0.6 is 22.6 Å². The summed E-state index contributed by atoms with van der Waals surface area (Å²) in [6.45, 7) is 6.53. The number of ether oxygens (including phenoxy) is 2. The standard InChI is InChI=1S/C16H19IN4O2Si/c1-22-13-7-10(5-6-24(2,3)4)12(8-11(13)17)23-14-9-20-16(19)21-15(14)18/h7-9H,1-4H3,(H4,18,19,20,21). The molecule has 1 aromatic carbocycles. The van der Waals surface area contributed by atoms with Crippen LogP contribution < -0.4 is 20.9 Å². The van der Waals surface area contributed by atoms with E-state index >= 15 is 0 Å². The molecule has 0 atom stereocenters. The largest absolute Gasteiger partial charge is 0.496 e. The molecule has 24 heavy (non-hydrogen) atoms. The zero-order valence-corrected chi connectivity index (χ0v) is 17.1. The van der Waals surface area contributed by atoms with Crippen LogP contribution in [-0.2, 0) is 0 Å². The van der Waals surface area contributed by atoms with E-state index in [1.807, 2.05) is 12.1 Å². The first-order valence-corrected chi connectivity index (χ1v) is 11.7. The molecular weight excluding hydrogens is 435 g/mol. The summed E-state index contributed by atoms with van der Waals surface area (Å²) in [5.74, 6) is 5.13. The van der Waals surface area contributed by atoms with Gasteiger partial charge >= 0.3 is 0 Å². The molecule has 0 amide bonds. The SMILES string of the molecule is COc1cc(C#C[Si](C)(C)C)c(Oc2cnc(N)nc2N)cc1I. The van der Waals surface area contributed by atoms with Gasteiger partial charge in [0.15, 0.2) is 11.6 Å². The van der Waals surface area contributed by atoms with E-state index in [4.69, 9.17) is 20.9 Å². The molecular formula is C16H19IN4O2Si. The fraction of sp³-hybridized carbons (Fsp3) is 0.250. The maximum absolute atomic E-state index is 5.89. The van der Waals surface area contributed by atoms with Crippen LogP contribution in [0.1, 0.15) is 5.56 Å². The number of hydrogen-bond acceptors (Lipinski definition) is 6. The highest BCUT2D eigenvalue weighted by molar-refractivity contribution is 14.1. The Bertz CT molecular complexity index is 825. The Balaban J connectivity index is 2.50. The van der Waals surface area contributed by atoms with Gasteiger partial charge in [-0.1, -0.05) is 25.6 Å². The summed E-state index contributed by atoms with van der Waals surface area (Å²) >= 11 is 2.18. The first-order valence-electron chi connectivity index (χ1n) is 7.16. The molecule has 0 aliphatic carbocycles. The lowest BCUT2D eigenvalue weighted by molar-refractivity contribution is 0.409. The number of aromatic nitrogens is 2. The molecule has 0 aliphatic heterocycles. The first kappa shape index (κ1) is 18.3. The third-order valence-corrected chi connectivity index (χ3v) is 4.57. The number of rotatable bonds is 3. The van der Waals surface area contributed by atoms with Crippen LogP contribution in [0.2, 0.25) is 19.6 Å². The predicted molar refractivity (Wildman–Crippen MR) is 107 cm³/mol. The number of halogens is 1. The van der Waals surface area contributed by atoms with Crippen LogP contribution in [0.4, 0.5) is 11.8 Å². The van der Waals surface area contributed by atoms with Gasteiger partial charge in [0.05, 0.1) is 22.4 Å². The molecule has 1 heterocycles. The van der Waals surface area contributed by atoms with Crippen molar-refractivity contribution in [2.45, 2.75) is 19.6 Å². The summed E-state index contributed by atoms with van der Waals surface area (Å²) in [5, 5.41) is 0. The molecule has 8 heteroatoms. The van der Waals surface area contributed by atoms with E-state index in [2.05, 4.69) is 63.7 Å². The van der Waals surface area contributed by atoms with Crippen molar-refractivity contribution in [3.05, 3.63) is 27.5 Å². The van der Waals surface area contributed by atoms with E-state index < -0.39 is 8.07 Å². The molecule has 2 aromatic rings. The highest BCUT2D eigenvalue weighted by atomic mass is 127. The third-order valence-electron chi connectivity index (χ3n) is 2.85. The van der Waals surface area contributed by atoms with Crippen molar-refractivity contribution >= 4 is 42.4 Å². The summed E-state index contributed by atoms with van der Waals surface area (Å²) in [6.07, 6.45) is 1.45. The van der Waals surface area contributed by atoms with E-state index in [1.165, 1.54) is 6.20 Å². The highest BCUT2D eigenvalue weighted by Crippen LogP contribution is 2.34. The topological polar surface area (TPSA) is 96.3 Å². The van der Waals surface area contributed by atoms with Gasteiger partial charge in [-0.2, -0.15) is 4.98 Å². The Morgan fingerprint density at radius 2 is 1.83 bits per heavy atom. The summed E-state index contributed by atoms with van der Waals surface area (Å²) in [4.78, 5) is 7.82. The van der Waals surface area contributed by atoms with Crippen molar-refractivity contribution in [3.63, 3.8) is 0 Å². The quantitative estimate of drug-likeness (QED) is 0.420. The number of nitrogen functional groups attached to an aromatic ring is 2. The number of nitrogens with zero attached hydrogens (tertiary/aromatic N) is 2.